The van der Waals surface area contributed by atoms with Crippen molar-refractivity contribution >= 4 is 17.5 Å². The van der Waals surface area contributed by atoms with E-state index in [-0.39, 0.29) is 17.1 Å². The molecule has 0 saturated carbocycles. The van der Waals surface area contributed by atoms with Crippen molar-refractivity contribution in [3.05, 3.63) is 48.2 Å². The second kappa shape index (κ2) is 4.52. The summed E-state index contributed by atoms with van der Waals surface area (Å²) < 4.78 is 0. The van der Waals surface area contributed by atoms with Crippen LogP contribution in [0, 0.1) is 0 Å². The number of nitrogens with zero attached hydrogens (tertiary/aromatic N) is 1. The molecule has 0 aliphatic carbocycles. The number of aromatic carboxylic acids is 1. The molecule has 86 valence electrons. The number of carbonyl (C=O) groups is 1. The standard InChI is InChI=1S/C12H10N2O3/c15-9-6-10(12(16)17)11(13-7-9)14-8-4-2-1-3-5-8/h1-7,15H,(H,13,14)(H,16,17). The number of hydrogen-bond donors (Lipinski definition) is 3. The maximum absolute atomic E-state index is 11.0. The van der Waals surface area contributed by atoms with Crippen molar-refractivity contribution in [1.82, 2.24) is 4.98 Å². The molecule has 1 aromatic carbocycles. The number of aromatic hydroxyl groups is 1. The van der Waals surface area contributed by atoms with Crippen LogP contribution in [-0.2, 0) is 0 Å². The average molecular weight is 230 g/mol. The fourth-order valence-corrected chi connectivity index (χ4v) is 1.37. The Hall–Kier alpha value is -2.56. The molecular weight excluding hydrogens is 220 g/mol. The van der Waals surface area contributed by atoms with E-state index in [1.807, 2.05) is 18.2 Å². The lowest BCUT2D eigenvalue weighted by Gasteiger charge is -2.08. The first-order valence-electron chi connectivity index (χ1n) is 4.91. The molecule has 1 heterocycles. The Labute approximate surface area is 97.4 Å². The first-order chi connectivity index (χ1) is 8.16. The van der Waals surface area contributed by atoms with E-state index in [9.17, 15) is 9.90 Å². The van der Waals surface area contributed by atoms with Gasteiger partial charge in [-0.15, -0.1) is 0 Å². The van der Waals surface area contributed by atoms with E-state index in [1.54, 1.807) is 12.1 Å². The molecule has 0 aliphatic heterocycles. The molecule has 0 bridgehead atoms. The highest BCUT2D eigenvalue weighted by molar-refractivity contribution is 5.94. The number of rotatable bonds is 3. The van der Waals surface area contributed by atoms with Crippen LogP contribution in [-0.4, -0.2) is 21.2 Å². The molecule has 0 unspecified atom stereocenters. The number of aromatic nitrogens is 1. The monoisotopic (exact) mass is 230 g/mol. The lowest BCUT2D eigenvalue weighted by atomic mass is 10.2. The number of nitrogens with one attached hydrogen (secondary N) is 1. The van der Waals surface area contributed by atoms with Gasteiger partial charge >= 0.3 is 5.97 Å². The lowest BCUT2D eigenvalue weighted by molar-refractivity contribution is 0.0697. The third-order valence-electron chi connectivity index (χ3n) is 2.14. The summed E-state index contributed by atoms with van der Waals surface area (Å²) in [6.07, 6.45) is 1.19. The average Bonchev–Trinajstić information content (AvgIpc) is 2.32. The molecular formula is C12H10N2O3. The quantitative estimate of drug-likeness (QED) is 0.753. The van der Waals surface area contributed by atoms with Gasteiger partial charge in [0.2, 0.25) is 0 Å². The number of benzene rings is 1. The minimum absolute atomic E-state index is 0.0751. The maximum Gasteiger partial charge on any atom is 0.339 e. The number of carboxylic acid groups (broad SMARTS) is 1. The zero-order valence-electron chi connectivity index (χ0n) is 8.79. The van der Waals surface area contributed by atoms with Crippen LogP contribution < -0.4 is 5.32 Å². The molecule has 0 atom stereocenters. The van der Waals surface area contributed by atoms with Crippen LogP contribution in [0.4, 0.5) is 11.5 Å². The number of para-hydroxylation sites is 1. The van der Waals surface area contributed by atoms with E-state index >= 15 is 0 Å². The smallest absolute Gasteiger partial charge is 0.339 e. The Kier molecular flexibility index (Phi) is 2.91. The molecule has 0 fully saturated rings. The van der Waals surface area contributed by atoms with Crippen molar-refractivity contribution in [2.45, 2.75) is 0 Å². The summed E-state index contributed by atoms with van der Waals surface area (Å²) in [4.78, 5) is 14.8. The molecule has 2 aromatic rings. The summed E-state index contributed by atoms with van der Waals surface area (Å²) in [6, 6.07) is 10.2. The summed E-state index contributed by atoms with van der Waals surface area (Å²) in [7, 11) is 0. The van der Waals surface area contributed by atoms with E-state index < -0.39 is 5.97 Å². The van der Waals surface area contributed by atoms with E-state index in [1.165, 1.54) is 6.20 Å². The Balaban J connectivity index is 2.36. The van der Waals surface area contributed by atoms with Crippen molar-refractivity contribution < 1.29 is 15.0 Å². The number of anilines is 2. The molecule has 5 nitrogen and oxygen atoms in total. The molecule has 5 heteroatoms. The normalized spacial score (nSPS) is 9.88. The van der Waals surface area contributed by atoms with Crippen molar-refractivity contribution in [1.29, 1.82) is 0 Å². The predicted octanol–water partition coefficient (Wildman–Crippen LogP) is 2.23. The minimum Gasteiger partial charge on any atom is -0.506 e. The highest BCUT2D eigenvalue weighted by Gasteiger charge is 2.12. The largest absolute Gasteiger partial charge is 0.506 e. The topological polar surface area (TPSA) is 82.5 Å². The van der Waals surface area contributed by atoms with E-state index in [0.29, 0.717) is 0 Å². The van der Waals surface area contributed by atoms with Gasteiger partial charge in [-0.25, -0.2) is 9.78 Å². The summed E-state index contributed by atoms with van der Waals surface area (Å²) in [5.41, 5.74) is 0.655. The summed E-state index contributed by atoms with van der Waals surface area (Å²) in [5.74, 6) is -1.13. The Morgan fingerprint density at radius 1 is 1.24 bits per heavy atom. The van der Waals surface area contributed by atoms with Gasteiger partial charge in [0.05, 0.1) is 6.20 Å². The highest BCUT2D eigenvalue weighted by Crippen LogP contribution is 2.21. The van der Waals surface area contributed by atoms with E-state index in [4.69, 9.17) is 5.11 Å². The fraction of sp³-hybridized carbons (Fsp3) is 0. The SMILES string of the molecule is O=C(O)c1cc(O)cnc1Nc1ccccc1. The highest BCUT2D eigenvalue weighted by atomic mass is 16.4. The van der Waals surface area contributed by atoms with Crippen LogP contribution in [0.15, 0.2) is 42.6 Å². The van der Waals surface area contributed by atoms with Crippen molar-refractivity contribution in [3.63, 3.8) is 0 Å². The molecule has 0 aliphatic rings. The molecule has 0 saturated heterocycles. The molecule has 1 aromatic heterocycles. The zero-order chi connectivity index (χ0) is 12.3. The fourth-order valence-electron chi connectivity index (χ4n) is 1.37. The molecule has 0 radical (unpaired) electrons. The van der Waals surface area contributed by atoms with Gasteiger partial charge in [-0.05, 0) is 18.2 Å². The second-order valence-electron chi connectivity index (χ2n) is 3.39. The van der Waals surface area contributed by atoms with Crippen LogP contribution in [0.3, 0.4) is 0 Å². The molecule has 0 spiro atoms. The van der Waals surface area contributed by atoms with Gasteiger partial charge in [0.15, 0.2) is 0 Å². The summed E-state index contributed by atoms with van der Waals surface area (Å²) >= 11 is 0. The van der Waals surface area contributed by atoms with Crippen LogP contribution >= 0.6 is 0 Å². The van der Waals surface area contributed by atoms with Gasteiger partial charge in [-0.1, -0.05) is 18.2 Å². The van der Waals surface area contributed by atoms with Gasteiger partial charge < -0.3 is 15.5 Å². The number of carboxylic acids is 1. The Morgan fingerprint density at radius 2 is 1.94 bits per heavy atom. The van der Waals surface area contributed by atoms with Crippen molar-refractivity contribution in [2.24, 2.45) is 0 Å². The maximum atomic E-state index is 11.0. The first kappa shape index (κ1) is 10.9. The van der Waals surface area contributed by atoms with Crippen LogP contribution in [0.1, 0.15) is 10.4 Å². The van der Waals surface area contributed by atoms with Crippen LogP contribution in [0.5, 0.6) is 5.75 Å². The second-order valence-corrected chi connectivity index (χ2v) is 3.39. The molecule has 3 N–H and O–H groups in total. The van der Waals surface area contributed by atoms with Gasteiger partial charge in [0, 0.05) is 5.69 Å². The molecule has 17 heavy (non-hydrogen) atoms. The van der Waals surface area contributed by atoms with Gasteiger partial charge in [-0.2, -0.15) is 0 Å². The Morgan fingerprint density at radius 3 is 2.59 bits per heavy atom. The molecule has 0 amide bonds. The van der Waals surface area contributed by atoms with Gasteiger partial charge in [-0.3, -0.25) is 0 Å². The number of hydrogen-bond acceptors (Lipinski definition) is 4. The summed E-state index contributed by atoms with van der Waals surface area (Å²) in [6.45, 7) is 0. The van der Waals surface area contributed by atoms with Crippen LogP contribution in [0.25, 0.3) is 0 Å². The lowest BCUT2D eigenvalue weighted by Crippen LogP contribution is -2.04. The van der Waals surface area contributed by atoms with Gasteiger partial charge in [0.25, 0.3) is 0 Å². The van der Waals surface area contributed by atoms with E-state index in [0.717, 1.165) is 11.8 Å². The van der Waals surface area contributed by atoms with Crippen LogP contribution in [0.2, 0.25) is 0 Å². The predicted molar refractivity (Wildman–Crippen MR) is 62.6 cm³/mol. The van der Waals surface area contributed by atoms with Crippen molar-refractivity contribution in [2.75, 3.05) is 5.32 Å². The third kappa shape index (κ3) is 2.52. The third-order valence-corrected chi connectivity index (χ3v) is 2.14. The Bertz CT molecular complexity index is 541. The van der Waals surface area contributed by atoms with E-state index in [2.05, 4.69) is 10.3 Å². The zero-order valence-corrected chi connectivity index (χ0v) is 8.79. The summed E-state index contributed by atoms with van der Waals surface area (Å²) in [5, 5.41) is 21.1. The first-order valence-corrected chi connectivity index (χ1v) is 4.91. The molecule has 2 rings (SSSR count). The minimum atomic E-state index is -1.15. The van der Waals surface area contributed by atoms with Gasteiger partial charge in [0.1, 0.15) is 17.1 Å². The number of pyridine rings is 1. The van der Waals surface area contributed by atoms with Crippen molar-refractivity contribution in [3.8, 4) is 5.75 Å².